The van der Waals surface area contributed by atoms with Crippen LogP contribution in [0.4, 0.5) is 4.79 Å². The highest BCUT2D eigenvalue weighted by Crippen LogP contribution is 2.09. The monoisotopic (exact) mass is 350 g/mol. The fourth-order valence-corrected chi connectivity index (χ4v) is 2.13. The Morgan fingerprint density at radius 3 is 2.28 bits per heavy atom. The third kappa shape index (κ3) is 6.82. The molecule has 2 amide bonds. The number of alkyl carbamates (subject to hydrolysis) is 1. The highest BCUT2D eigenvalue weighted by Gasteiger charge is 2.29. The molecule has 0 spiro atoms. The highest BCUT2D eigenvalue weighted by molar-refractivity contribution is 5.89. The molecule has 0 radical (unpaired) electrons. The van der Waals surface area contributed by atoms with Crippen LogP contribution in [-0.2, 0) is 25.7 Å². The van der Waals surface area contributed by atoms with Crippen LogP contribution in [0.5, 0.6) is 0 Å². The summed E-state index contributed by atoms with van der Waals surface area (Å²) in [5.74, 6) is -1.14. The first-order valence-corrected chi connectivity index (χ1v) is 8.24. The Balaban J connectivity index is 2.63. The molecule has 0 aliphatic carbocycles. The van der Waals surface area contributed by atoms with E-state index in [1.807, 2.05) is 44.2 Å². The maximum absolute atomic E-state index is 12.4. The van der Waals surface area contributed by atoms with Gasteiger partial charge in [-0.05, 0) is 18.4 Å². The first-order valence-electron chi connectivity index (χ1n) is 8.24. The molecule has 25 heavy (non-hydrogen) atoms. The molecule has 1 unspecified atom stereocenters. The molecule has 2 N–H and O–H groups in total. The van der Waals surface area contributed by atoms with Crippen LogP contribution in [0.2, 0.25) is 0 Å². The molecule has 1 rings (SSSR count). The number of nitrogens with one attached hydrogen (secondary N) is 2. The van der Waals surface area contributed by atoms with Crippen molar-refractivity contribution in [3.05, 3.63) is 35.9 Å². The van der Waals surface area contributed by atoms with E-state index in [1.54, 1.807) is 0 Å². The van der Waals surface area contributed by atoms with Crippen LogP contribution in [0.1, 0.15) is 32.8 Å². The Labute approximate surface area is 148 Å². The minimum Gasteiger partial charge on any atom is -0.467 e. The van der Waals surface area contributed by atoms with Gasteiger partial charge in [0.05, 0.1) is 7.11 Å². The van der Waals surface area contributed by atoms with Crippen LogP contribution in [0, 0.1) is 5.92 Å². The molecule has 3 atom stereocenters. The Hall–Kier alpha value is -2.57. The number of methoxy groups -OCH3 is 1. The smallest absolute Gasteiger partial charge is 0.408 e. The molecule has 0 aliphatic rings. The number of ether oxygens (including phenoxy) is 2. The van der Waals surface area contributed by atoms with Gasteiger partial charge in [-0.1, -0.05) is 50.6 Å². The van der Waals surface area contributed by atoms with Crippen molar-refractivity contribution in [2.75, 3.05) is 7.11 Å². The summed E-state index contributed by atoms with van der Waals surface area (Å²) in [7, 11) is 1.25. The number of hydrogen-bond acceptors (Lipinski definition) is 5. The highest BCUT2D eigenvalue weighted by atomic mass is 16.5. The van der Waals surface area contributed by atoms with Gasteiger partial charge >= 0.3 is 12.1 Å². The van der Waals surface area contributed by atoms with E-state index in [0.717, 1.165) is 5.56 Å². The van der Waals surface area contributed by atoms with Crippen molar-refractivity contribution in [2.45, 2.75) is 45.9 Å². The average Bonchev–Trinajstić information content (AvgIpc) is 2.63. The summed E-state index contributed by atoms with van der Waals surface area (Å²) < 4.78 is 9.74. The molecule has 0 fully saturated rings. The zero-order valence-corrected chi connectivity index (χ0v) is 15.1. The van der Waals surface area contributed by atoms with Crippen molar-refractivity contribution in [3.8, 4) is 0 Å². The van der Waals surface area contributed by atoms with Gasteiger partial charge in [0.15, 0.2) is 0 Å². The van der Waals surface area contributed by atoms with Crippen molar-refractivity contribution in [2.24, 2.45) is 5.92 Å². The van der Waals surface area contributed by atoms with E-state index in [-0.39, 0.29) is 12.5 Å². The molecule has 7 heteroatoms. The van der Waals surface area contributed by atoms with E-state index < -0.39 is 30.1 Å². The van der Waals surface area contributed by atoms with Gasteiger partial charge < -0.3 is 20.1 Å². The number of carbonyl (C=O) groups is 3. The molecule has 0 aliphatic heterocycles. The van der Waals surface area contributed by atoms with Gasteiger partial charge in [-0.2, -0.15) is 0 Å². The van der Waals surface area contributed by atoms with Crippen LogP contribution in [-0.4, -0.2) is 37.2 Å². The molecule has 1 aromatic rings. The maximum atomic E-state index is 12.4. The zero-order chi connectivity index (χ0) is 18.8. The molecule has 0 saturated carbocycles. The molecular formula is C18H26N2O5. The Bertz CT molecular complexity index is 576. The molecule has 0 aromatic heterocycles. The minimum absolute atomic E-state index is 0.111. The van der Waals surface area contributed by atoms with Crippen LogP contribution in [0.25, 0.3) is 0 Å². The van der Waals surface area contributed by atoms with Gasteiger partial charge in [-0.15, -0.1) is 0 Å². The summed E-state index contributed by atoms with van der Waals surface area (Å²) in [6, 6.07) is 7.64. The first kappa shape index (κ1) is 20.5. The topological polar surface area (TPSA) is 93.7 Å². The average molecular weight is 350 g/mol. The summed E-state index contributed by atoms with van der Waals surface area (Å²) in [6.45, 7) is 5.38. The number of rotatable bonds is 8. The SMILES string of the molecule is CCC(C)[C@H](NC(=O)OCc1ccccc1)C(=O)N[C@@H](C)C(=O)OC. The Kier molecular flexibility index (Phi) is 8.46. The standard InChI is InChI=1S/C18H26N2O5/c1-5-12(2)15(16(21)19-13(3)17(22)24-4)20-18(23)25-11-14-9-7-6-8-10-14/h6-10,12-13,15H,5,11H2,1-4H3,(H,19,21)(H,20,23)/t12?,13-,15-/m0/s1. The number of amides is 2. The summed E-state index contributed by atoms with van der Waals surface area (Å²) in [4.78, 5) is 35.9. The second-order valence-electron chi connectivity index (χ2n) is 5.82. The molecule has 0 heterocycles. The van der Waals surface area contributed by atoms with Crippen LogP contribution >= 0.6 is 0 Å². The third-order valence-corrected chi connectivity index (χ3v) is 3.90. The molecule has 0 saturated heterocycles. The normalized spacial score (nSPS) is 13.9. The molecular weight excluding hydrogens is 324 g/mol. The number of carbonyl (C=O) groups excluding carboxylic acids is 3. The summed E-state index contributed by atoms with van der Waals surface area (Å²) >= 11 is 0. The van der Waals surface area contributed by atoms with E-state index in [2.05, 4.69) is 15.4 Å². The van der Waals surface area contributed by atoms with Gasteiger partial charge in [0.2, 0.25) is 5.91 Å². The van der Waals surface area contributed by atoms with E-state index >= 15 is 0 Å². The van der Waals surface area contributed by atoms with Gasteiger partial charge in [-0.25, -0.2) is 9.59 Å². The largest absolute Gasteiger partial charge is 0.467 e. The van der Waals surface area contributed by atoms with E-state index in [9.17, 15) is 14.4 Å². The summed E-state index contributed by atoms with van der Waals surface area (Å²) in [6.07, 6.45) is -0.0149. The number of esters is 1. The van der Waals surface area contributed by atoms with Crippen molar-refractivity contribution >= 4 is 18.0 Å². The number of benzene rings is 1. The summed E-state index contributed by atoms with van der Waals surface area (Å²) in [5, 5.41) is 5.12. The zero-order valence-electron chi connectivity index (χ0n) is 15.1. The summed E-state index contributed by atoms with van der Waals surface area (Å²) in [5.41, 5.74) is 0.849. The lowest BCUT2D eigenvalue weighted by atomic mass is 9.98. The molecule has 7 nitrogen and oxygen atoms in total. The maximum Gasteiger partial charge on any atom is 0.408 e. The van der Waals surface area contributed by atoms with E-state index in [1.165, 1.54) is 14.0 Å². The third-order valence-electron chi connectivity index (χ3n) is 3.90. The van der Waals surface area contributed by atoms with Gasteiger partial charge in [0.1, 0.15) is 18.7 Å². The lowest BCUT2D eigenvalue weighted by Crippen LogP contribution is -2.53. The van der Waals surface area contributed by atoms with Gasteiger partial charge in [0, 0.05) is 0 Å². The molecule has 1 aromatic carbocycles. The lowest BCUT2D eigenvalue weighted by molar-refractivity contribution is -0.144. The second-order valence-corrected chi connectivity index (χ2v) is 5.82. The quantitative estimate of drug-likeness (QED) is 0.700. The van der Waals surface area contributed by atoms with Gasteiger partial charge in [-0.3, -0.25) is 4.79 Å². The Morgan fingerprint density at radius 2 is 1.72 bits per heavy atom. The van der Waals surface area contributed by atoms with Crippen LogP contribution < -0.4 is 10.6 Å². The predicted octanol–water partition coefficient (Wildman–Crippen LogP) is 2.01. The number of hydrogen-bond donors (Lipinski definition) is 2. The lowest BCUT2D eigenvalue weighted by Gasteiger charge is -2.24. The fourth-order valence-electron chi connectivity index (χ4n) is 2.13. The fraction of sp³-hybridized carbons (Fsp3) is 0.500. The minimum atomic E-state index is -0.805. The van der Waals surface area contributed by atoms with E-state index in [0.29, 0.717) is 6.42 Å². The van der Waals surface area contributed by atoms with Crippen molar-refractivity contribution in [1.82, 2.24) is 10.6 Å². The van der Waals surface area contributed by atoms with E-state index in [4.69, 9.17) is 4.74 Å². The molecule has 138 valence electrons. The van der Waals surface area contributed by atoms with Crippen LogP contribution in [0.3, 0.4) is 0 Å². The van der Waals surface area contributed by atoms with Crippen LogP contribution in [0.15, 0.2) is 30.3 Å². The second kappa shape index (κ2) is 10.3. The van der Waals surface area contributed by atoms with Gasteiger partial charge in [0.25, 0.3) is 0 Å². The Morgan fingerprint density at radius 1 is 1.08 bits per heavy atom. The molecule has 0 bridgehead atoms. The first-order chi connectivity index (χ1) is 11.9. The van der Waals surface area contributed by atoms with Crippen molar-refractivity contribution in [3.63, 3.8) is 0 Å². The predicted molar refractivity (Wildman–Crippen MR) is 92.6 cm³/mol. The van der Waals surface area contributed by atoms with Crippen molar-refractivity contribution in [1.29, 1.82) is 0 Å². The van der Waals surface area contributed by atoms with Crippen molar-refractivity contribution < 1.29 is 23.9 Å².